The first-order valence-corrected chi connectivity index (χ1v) is 10.2. The number of ether oxygens (including phenoxy) is 1. The quantitative estimate of drug-likeness (QED) is 0.180. The molecule has 0 rings (SSSR count). The van der Waals surface area contributed by atoms with Crippen LogP contribution in [0, 0.1) is 0 Å². The lowest BCUT2D eigenvalue weighted by molar-refractivity contribution is -0.873. The zero-order chi connectivity index (χ0) is 23.7. The molecule has 0 radical (unpaired) electrons. The molecule has 0 spiro atoms. The van der Waals surface area contributed by atoms with Crippen LogP contribution in [0.5, 0.6) is 0 Å². The number of hydrogen-bond acceptors (Lipinski definition) is 7. The summed E-state index contributed by atoms with van der Waals surface area (Å²) in [6, 6.07) is -0.979. The number of carboxylic acid groups (broad SMARTS) is 2. The van der Waals surface area contributed by atoms with E-state index >= 15 is 0 Å². The number of carbonyl (C=O) groups excluding carboxylic acids is 3. The Morgan fingerprint density at radius 3 is 2.03 bits per heavy atom. The Balaban J connectivity index is 0. The van der Waals surface area contributed by atoms with E-state index in [-0.39, 0.29) is 25.2 Å². The van der Waals surface area contributed by atoms with Gasteiger partial charge in [-0.3, -0.25) is 14.4 Å². The van der Waals surface area contributed by atoms with Crippen LogP contribution in [0.4, 0.5) is 0 Å². The van der Waals surface area contributed by atoms with Gasteiger partial charge in [-0.2, -0.15) is 0 Å². The zero-order valence-corrected chi connectivity index (χ0v) is 18.7. The minimum absolute atomic E-state index is 0.0213. The summed E-state index contributed by atoms with van der Waals surface area (Å²) in [5, 5.41) is 18.9. The Bertz CT molecular complexity index is 533. The highest BCUT2D eigenvalue weighted by molar-refractivity contribution is 5.77. The number of carbonyl (C=O) groups is 4. The fourth-order valence-electron chi connectivity index (χ4n) is 2.48. The molecule has 0 saturated carbocycles. The van der Waals surface area contributed by atoms with Gasteiger partial charge < -0.3 is 35.7 Å². The number of likely N-dealkylation sites (N-methyl/N-ethyl adjacent to an activating group) is 1. The number of rotatable bonds is 15. The molecule has 0 aliphatic heterocycles. The van der Waals surface area contributed by atoms with Crippen molar-refractivity contribution in [3.8, 4) is 0 Å². The van der Waals surface area contributed by atoms with Crippen LogP contribution in [0.1, 0.15) is 64.7 Å². The second-order valence-electron chi connectivity index (χ2n) is 8.27. The highest BCUT2D eigenvalue weighted by atomic mass is 16.5. The smallest absolute Gasteiger partial charge is 0.320 e. The first kappa shape index (κ1) is 30.0. The van der Waals surface area contributed by atoms with Crippen LogP contribution in [0.15, 0.2) is 0 Å². The minimum Gasteiger partial charge on any atom is -0.550 e. The molecular formula is C20H39N3O7. The number of aliphatic carboxylic acids is 2. The van der Waals surface area contributed by atoms with E-state index < -0.39 is 30.0 Å². The summed E-state index contributed by atoms with van der Waals surface area (Å²) >= 11 is 0. The summed E-state index contributed by atoms with van der Waals surface area (Å²) in [5.41, 5.74) is 9.81. The van der Waals surface area contributed by atoms with E-state index in [1.165, 1.54) is 12.8 Å². The fourth-order valence-corrected chi connectivity index (χ4v) is 2.48. The number of quaternary nitrogens is 1. The minimum atomic E-state index is -1.18. The number of carboxylic acids is 2. The van der Waals surface area contributed by atoms with Crippen molar-refractivity contribution in [2.45, 2.75) is 76.9 Å². The van der Waals surface area contributed by atoms with Gasteiger partial charge in [0, 0.05) is 25.2 Å². The van der Waals surface area contributed by atoms with Gasteiger partial charge in [0.1, 0.15) is 12.6 Å². The van der Waals surface area contributed by atoms with Gasteiger partial charge in [-0.25, -0.2) is 0 Å². The van der Waals surface area contributed by atoms with Gasteiger partial charge in [-0.1, -0.05) is 32.6 Å². The van der Waals surface area contributed by atoms with E-state index in [0.29, 0.717) is 17.4 Å². The van der Waals surface area contributed by atoms with Crippen LogP contribution in [0.3, 0.4) is 0 Å². The molecular weight excluding hydrogens is 394 g/mol. The lowest BCUT2D eigenvalue weighted by Gasteiger charge is -2.29. The average Bonchev–Trinajstić information content (AvgIpc) is 2.57. The molecule has 0 aliphatic carbocycles. The molecule has 30 heavy (non-hydrogen) atoms. The SMILES string of the molecule is CCCCCCCC(=O)OC(CC(=O)[O-])C[N+](C)(C)C.NC(=O)CC[C@H](N)C(=O)O. The fraction of sp³-hybridized carbons (Fsp3) is 0.800. The maximum atomic E-state index is 11.7. The number of nitrogens with two attached hydrogens (primary N) is 2. The van der Waals surface area contributed by atoms with Crippen LogP contribution in [0.25, 0.3) is 0 Å². The molecule has 0 aromatic heterocycles. The van der Waals surface area contributed by atoms with Crippen molar-refractivity contribution in [3.05, 3.63) is 0 Å². The van der Waals surface area contributed by atoms with Gasteiger partial charge >= 0.3 is 11.9 Å². The number of amides is 1. The van der Waals surface area contributed by atoms with E-state index in [4.69, 9.17) is 21.3 Å². The number of primary amides is 1. The van der Waals surface area contributed by atoms with Gasteiger partial charge in [0.2, 0.25) is 5.91 Å². The molecule has 1 unspecified atom stereocenters. The molecule has 176 valence electrons. The number of nitrogens with zero attached hydrogens (tertiary/aromatic N) is 1. The summed E-state index contributed by atoms with van der Waals surface area (Å²) in [6.07, 6.45) is 4.95. The van der Waals surface area contributed by atoms with Gasteiger partial charge in [-0.15, -0.1) is 0 Å². The Kier molecular flexibility index (Phi) is 16.6. The van der Waals surface area contributed by atoms with Crippen LogP contribution >= 0.6 is 0 Å². The third-order valence-electron chi connectivity index (χ3n) is 3.95. The molecule has 0 fully saturated rings. The second kappa shape index (κ2) is 16.6. The van der Waals surface area contributed by atoms with Crippen molar-refractivity contribution in [1.29, 1.82) is 0 Å². The lowest BCUT2D eigenvalue weighted by Crippen LogP contribution is -2.45. The van der Waals surface area contributed by atoms with Crippen molar-refractivity contribution >= 4 is 23.8 Å². The topological polar surface area (TPSA) is 173 Å². The molecule has 1 amide bonds. The Labute approximate surface area is 179 Å². The largest absolute Gasteiger partial charge is 0.550 e. The Morgan fingerprint density at radius 2 is 1.60 bits per heavy atom. The standard InChI is InChI=1S/C15H29NO4.C5H10N2O3/c1-5-6-7-8-9-10-15(19)20-13(11-14(17)18)12-16(2,3)4;6-3(5(9)10)1-2-4(7)8/h13H,5-12H2,1-4H3;3H,1-2,6H2,(H2,7,8)(H,9,10)/t;3-/m.0/s1. The third kappa shape index (κ3) is 22.1. The molecule has 0 aromatic carbocycles. The van der Waals surface area contributed by atoms with Crippen LogP contribution < -0.4 is 16.6 Å². The van der Waals surface area contributed by atoms with Crippen LogP contribution in [-0.4, -0.2) is 73.2 Å². The zero-order valence-electron chi connectivity index (χ0n) is 18.7. The molecule has 0 aliphatic rings. The molecule has 0 aromatic rings. The maximum Gasteiger partial charge on any atom is 0.320 e. The average molecular weight is 434 g/mol. The first-order chi connectivity index (χ1) is 13.8. The normalized spacial score (nSPS) is 12.8. The van der Waals surface area contributed by atoms with E-state index in [1.807, 2.05) is 21.1 Å². The Morgan fingerprint density at radius 1 is 1.03 bits per heavy atom. The molecule has 5 N–H and O–H groups in total. The molecule has 0 heterocycles. The molecule has 0 saturated heterocycles. The molecule has 10 nitrogen and oxygen atoms in total. The van der Waals surface area contributed by atoms with Crippen LogP contribution in [0.2, 0.25) is 0 Å². The first-order valence-electron chi connectivity index (χ1n) is 10.2. The summed E-state index contributed by atoms with van der Waals surface area (Å²) in [4.78, 5) is 42.5. The summed E-state index contributed by atoms with van der Waals surface area (Å²) < 4.78 is 5.81. The van der Waals surface area contributed by atoms with E-state index in [1.54, 1.807) is 0 Å². The highest BCUT2D eigenvalue weighted by Crippen LogP contribution is 2.09. The second-order valence-corrected chi connectivity index (χ2v) is 8.27. The van der Waals surface area contributed by atoms with Crippen molar-refractivity contribution in [1.82, 2.24) is 0 Å². The highest BCUT2D eigenvalue weighted by Gasteiger charge is 2.22. The predicted octanol–water partition coefficient (Wildman–Crippen LogP) is -0.231. The number of unbranched alkanes of at least 4 members (excludes halogenated alkanes) is 4. The van der Waals surface area contributed by atoms with E-state index in [0.717, 1.165) is 19.3 Å². The monoisotopic (exact) mass is 433 g/mol. The number of hydrogen-bond donors (Lipinski definition) is 3. The molecule has 2 atom stereocenters. The summed E-state index contributed by atoms with van der Waals surface area (Å²) in [7, 11) is 5.79. The summed E-state index contributed by atoms with van der Waals surface area (Å²) in [6.45, 7) is 2.61. The maximum absolute atomic E-state index is 11.7. The van der Waals surface area contributed by atoms with E-state index in [2.05, 4.69) is 6.92 Å². The van der Waals surface area contributed by atoms with Gasteiger partial charge in [0.25, 0.3) is 0 Å². The molecule has 0 bridgehead atoms. The van der Waals surface area contributed by atoms with Gasteiger partial charge in [-0.05, 0) is 12.8 Å². The number of esters is 1. The van der Waals surface area contributed by atoms with Crippen molar-refractivity contribution in [2.75, 3.05) is 27.7 Å². The van der Waals surface area contributed by atoms with Crippen molar-refractivity contribution in [2.24, 2.45) is 11.5 Å². The third-order valence-corrected chi connectivity index (χ3v) is 3.95. The van der Waals surface area contributed by atoms with Crippen molar-refractivity contribution < 1.29 is 38.6 Å². The van der Waals surface area contributed by atoms with Gasteiger partial charge in [0.05, 0.1) is 21.1 Å². The van der Waals surface area contributed by atoms with Crippen molar-refractivity contribution in [3.63, 3.8) is 0 Å². The van der Waals surface area contributed by atoms with Gasteiger partial charge in [0.15, 0.2) is 6.10 Å². The van der Waals surface area contributed by atoms with E-state index in [9.17, 15) is 24.3 Å². The lowest BCUT2D eigenvalue weighted by atomic mass is 10.1. The predicted molar refractivity (Wildman–Crippen MR) is 110 cm³/mol. The summed E-state index contributed by atoms with van der Waals surface area (Å²) in [5.74, 6) is -3.13. The molecule has 10 heteroatoms. The Hall–Kier alpha value is -2.20. The van der Waals surface area contributed by atoms with Crippen LogP contribution in [-0.2, 0) is 23.9 Å².